The summed E-state index contributed by atoms with van der Waals surface area (Å²) in [5.41, 5.74) is 2.00. The van der Waals surface area contributed by atoms with E-state index in [0.717, 1.165) is 24.9 Å². The van der Waals surface area contributed by atoms with Gasteiger partial charge in [0.15, 0.2) is 0 Å². The first kappa shape index (κ1) is 15.7. The molecule has 0 atom stereocenters. The van der Waals surface area contributed by atoms with E-state index in [0.29, 0.717) is 11.7 Å². The lowest BCUT2D eigenvalue weighted by Gasteiger charge is -2.26. The molecule has 0 bridgehead atoms. The quantitative estimate of drug-likeness (QED) is 0.704. The Hall–Kier alpha value is -2.54. The normalized spacial score (nSPS) is 19.5. The number of rotatable bonds is 5. The van der Waals surface area contributed by atoms with Crippen molar-refractivity contribution in [2.75, 3.05) is 13.1 Å². The highest BCUT2D eigenvalue weighted by molar-refractivity contribution is 5.55. The number of aromatic nitrogens is 5. The maximum absolute atomic E-state index is 5.60. The Morgan fingerprint density at radius 1 is 1.12 bits per heavy atom. The Kier molecular flexibility index (Phi) is 3.81. The van der Waals surface area contributed by atoms with Gasteiger partial charge in [0.05, 0.1) is 0 Å². The summed E-state index contributed by atoms with van der Waals surface area (Å²) in [5.74, 6) is 1.27. The van der Waals surface area contributed by atoms with Crippen LogP contribution in [0.5, 0.6) is 0 Å². The van der Waals surface area contributed by atoms with Crippen molar-refractivity contribution in [1.82, 2.24) is 29.8 Å². The zero-order valence-corrected chi connectivity index (χ0v) is 14.7. The van der Waals surface area contributed by atoms with Crippen LogP contribution in [-0.4, -0.2) is 42.9 Å². The number of piperidine rings is 1. The molecule has 0 N–H and O–H groups in total. The molecule has 3 aromatic rings. The van der Waals surface area contributed by atoms with Crippen LogP contribution in [0.1, 0.15) is 43.6 Å². The van der Waals surface area contributed by atoms with E-state index in [-0.39, 0.29) is 5.54 Å². The Balaban J connectivity index is 1.37. The molecule has 2 aliphatic rings. The van der Waals surface area contributed by atoms with Crippen molar-refractivity contribution in [3.63, 3.8) is 0 Å². The van der Waals surface area contributed by atoms with E-state index in [4.69, 9.17) is 4.52 Å². The molecule has 134 valence electrons. The second-order valence-corrected chi connectivity index (χ2v) is 7.33. The topological polar surface area (TPSA) is 72.9 Å². The van der Waals surface area contributed by atoms with E-state index in [1.165, 1.54) is 37.9 Å². The summed E-state index contributed by atoms with van der Waals surface area (Å²) >= 11 is 0. The Morgan fingerprint density at radius 3 is 2.77 bits per heavy atom. The molecule has 2 aromatic heterocycles. The summed E-state index contributed by atoms with van der Waals surface area (Å²) < 4.78 is 7.43. The van der Waals surface area contributed by atoms with E-state index in [9.17, 15) is 0 Å². The summed E-state index contributed by atoms with van der Waals surface area (Å²) in [6.07, 6.45) is 9.13. The minimum absolute atomic E-state index is 0.298. The molecule has 0 unspecified atom stereocenters. The van der Waals surface area contributed by atoms with Crippen LogP contribution in [-0.2, 0) is 12.1 Å². The van der Waals surface area contributed by atoms with Gasteiger partial charge >= 0.3 is 0 Å². The third-order valence-electron chi connectivity index (χ3n) is 5.45. The third kappa shape index (κ3) is 2.82. The molecule has 1 aromatic carbocycles. The largest absolute Gasteiger partial charge is 0.336 e. The molecule has 1 aliphatic carbocycles. The second kappa shape index (κ2) is 6.32. The van der Waals surface area contributed by atoms with Gasteiger partial charge in [-0.3, -0.25) is 4.90 Å². The fraction of sp³-hybridized carbons (Fsp3) is 0.474. The lowest BCUT2D eigenvalue weighted by atomic mass is 10.1. The minimum Gasteiger partial charge on any atom is -0.336 e. The zero-order chi connectivity index (χ0) is 17.4. The smallest absolute Gasteiger partial charge is 0.255 e. The summed E-state index contributed by atoms with van der Waals surface area (Å²) in [4.78, 5) is 11.2. The number of hydrogen-bond donors (Lipinski definition) is 0. The number of benzene rings is 1. The molecule has 1 saturated carbocycles. The summed E-state index contributed by atoms with van der Waals surface area (Å²) in [5, 5.41) is 8.49. The van der Waals surface area contributed by atoms with Gasteiger partial charge in [-0.1, -0.05) is 29.8 Å². The molecule has 0 radical (unpaired) electrons. The summed E-state index contributed by atoms with van der Waals surface area (Å²) in [6, 6.07) is 8.48. The van der Waals surface area contributed by atoms with E-state index in [1.807, 2.05) is 10.7 Å². The van der Waals surface area contributed by atoms with Crippen molar-refractivity contribution >= 4 is 0 Å². The Morgan fingerprint density at radius 2 is 2.00 bits per heavy atom. The molecular weight excluding hydrogens is 328 g/mol. The van der Waals surface area contributed by atoms with E-state index < -0.39 is 0 Å². The van der Waals surface area contributed by atoms with Crippen LogP contribution < -0.4 is 0 Å². The number of likely N-dealkylation sites (tertiary alicyclic amines) is 1. The molecule has 7 heteroatoms. The van der Waals surface area contributed by atoms with Crippen LogP contribution in [0.4, 0.5) is 0 Å². The average Bonchev–Trinajstić information content (AvgIpc) is 3.12. The average molecular weight is 350 g/mol. The van der Waals surface area contributed by atoms with Gasteiger partial charge in [0.1, 0.15) is 18.2 Å². The minimum atomic E-state index is -0.298. The number of hydrogen-bond acceptors (Lipinski definition) is 6. The molecule has 26 heavy (non-hydrogen) atoms. The van der Waals surface area contributed by atoms with Crippen LogP contribution in [0.2, 0.25) is 0 Å². The molecule has 0 amide bonds. The molecule has 1 aliphatic heterocycles. The molecule has 2 fully saturated rings. The highest BCUT2D eigenvalue weighted by atomic mass is 16.5. The van der Waals surface area contributed by atoms with Gasteiger partial charge in [0.25, 0.3) is 5.89 Å². The highest BCUT2D eigenvalue weighted by Gasteiger charge is 2.52. The summed E-state index contributed by atoms with van der Waals surface area (Å²) in [7, 11) is 0. The first-order valence-corrected chi connectivity index (χ1v) is 9.34. The standard InChI is InChI=1S/C19H22N6O/c1-2-9-24(10-3-1)12-15-5-4-6-16(11-15)17-22-18(26-23-17)19(7-8-19)25-14-20-13-21-25/h4-6,11,13-14H,1-3,7-10,12H2. The van der Waals surface area contributed by atoms with Crippen molar-refractivity contribution in [2.45, 2.75) is 44.2 Å². The Bertz CT molecular complexity index is 877. The third-order valence-corrected chi connectivity index (χ3v) is 5.45. The van der Waals surface area contributed by atoms with Gasteiger partial charge in [0, 0.05) is 12.1 Å². The second-order valence-electron chi connectivity index (χ2n) is 7.33. The number of nitrogens with zero attached hydrogens (tertiary/aromatic N) is 6. The van der Waals surface area contributed by atoms with Crippen molar-refractivity contribution in [3.8, 4) is 11.4 Å². The van der Waals surface area contributed by atoms with Crippen molar-refractivity contribution in [1.29, 1.82) is 0 Å². The molecule has 5 rings (SSSR count). The van der Waals surface area contributed by atoms with Gasteiger partial charge < -0.3 is 4.52 Å². The zero-order valence-electron chi connectivity index (χ0n) is 14.7. The highest BCUT2D eigenvalue weighted by Crippen LogP contribution is 2.48. The molecule has 3 heterocycles. The van der Waals surface area contributed by atoms with Gasteiger partial charge in [-0.15, -0.1) is 0 Å². The van der Waals surface area contributed by atoms with Crippen molar-refractivity contribution in [2.24, 2.45) is 0 Å². The van der Waals surface area contributed by atoms with E-state index in [1.54, 1.807) is 12.7 Å². The van der Waals surface area contributed by atoms with Crippen LogP contribution in [0.15, 0.2) is 41.4 Å². The molecule has 7 nitrogen and oxygen atoms in total. The van der Waals surface area contributed by atoms with Gasteiger partial charge in [-0.05, 0) is 50.4 Å². The van der Waals surface area contributed by atoms with Crippen LogP contribution in [0, 0.1) is 0 Å². The SMILES string of the molecule is c1cc(CN2CCCCC2)cc(-c2noc(C3(n4cncn4)CC3)n2)c1. The van der Waals surface area contributed by atoms with Crippen LogP contribution >= 0.6 is 0 Å². The van der Waals surface area contributed by atoms with Crippen molar-refractivity contribution < 1.29 is 4.52 Å². The first-order valence-electron chi connectivity index (χ1n) is 9.34. The maximum Gasteiger partial charge on any atom is 0.255 e. The molecule has 1 saturated heterocycles. The van der Waals surface area contributed by atoms with Crippen LogP contribution in [0.25, 0.3) is 11.4 Å². The van der Waals surface area contributed by atoms with Gasteiger partial charge in [-0.2, -0.15) is 10.1 Å². The lowest BCUT2D eigenvalue weighted by Crippen LogP contribution is -2.29. The molecule has 0 spiro atoms. The lowest BCUT2D eigenvalue weighted by molar-refractivity contribution is 0.221. The van der Waals surface area contributed by atoms with Gasteiger partial charge in [0.2, 0.25) is 5.82 Å². The predicted octanol–water partition coefficient (Wildman–Crippen LogP) is 2.85. The first-order chi connectivity index (χ1) is 12.8. The monoisotopic (exact) mass is 350 g/mol. The van der Waals surface area contributed by atoms with Crippen molar-refractivity contribution in [3.05, 3.63) is 48.4 Å². The fourth-order valence-corrected chi connectivity index (χ4v) is 3.80. The Labute approximate surface area is 152 Å². The van der Waals surface area contributed by atoms with Gasteiger partial charge in [-0.25, -0.2) is 9.67 Å². The van der Waals surface area contributed by atoms with Crippen LogP contribution in [0.3, 0.4) is 0 Å². The van der Waals surface area contributed by atoms with E-state index in [2.05, 4.69) is 43.3 Å². The molecular formula is C19H22N6O. The maximum atomic E-state index is 5.60. The van der Waals surface area contributed by atoms with E-state index >= 15 is 0 Å². The summed E-state index contributed by atoms with van der Waals surface area (Å²) in [6.45, 7) is 3.37. The predicted molar refractivity (Wildman–Crippen MR) is 95.2 cm³/mol. The fourth-order valence-electron chi connectivity index (χ4n) is 3.80.